The van der Waals surface area contributed by atoms with E-state index in [1.54, 1.807) is 0 Å². The van der Waals surface area contributed by atoms with Crippen LogP contribution in [0.5, 0.6) is 0 Å². The van der Waals surface area contributed by atoms with Gasteiger partial charge in [-0.05, 0) is 173 Å². The number of fused-ring (bicyclic) bond motifs is 15. The summed E-state index contributed by atoms with van der Waals surface area (Å²) in [7, 11) is 0. The van der Waals surface area contributed by atoms with Gasteiger partial charge in [-0.25, -0.2) is 0 Å². The molecule has 10 aromatic rings. The van der Waals surface area contributed by atoms with Crippen LogP contribution in [0.1, 0.15) is 158 Å². The normalized spacial score (nSPS) is 17.9. The fourth-order valence-corrected chi connectivity index (χ4v) is 17.2. The van der Waals surface area contributed by atoms with E-state index in [9.17, 15) is 0 Å². The van der Waals surface area contributed by atoms with Crippen molar-refractivity contribution in [1.82, 2.24) is 0 Å². The maximum Gasteiger partial charge on any atom is 0.333 e. The monoisotopic (exact) mass is 1060 g/mol. The third-order valence-electron chi connectivity index (χ3n) is 20.6. The molecule has 2 aliphatic heterocycles. The minimum absolute atomic E-state index is 0.00870. The molecule has 0 fully saturated rings. The highest BCUT2D eigenvalue weighted by Crippen LogP contribution is 2.62. The lowest BCUT2D eigenvalue weighted by molar-refractivity contribution is 0.332. The van der Waals surface area contributed by atoms with E-state index in [1.165, 1.54) is 155 Å². The van der Waals surface area contributed by atoms with Crippen molar-refractivity contribution in [3.8, 4) is 33.4 Å². The fourth-order valence-electron chi connectivity index (χ4n) is 16.1. The number of aryl methyl sites for hydroxylation is 1. The summed E-state index contributed by atoms with van der Waals surface area (Å²) >= 11 is 1.94. The van der Waals surface area contributed by atoms with Crippen LogP contribution in [0.3, 0.4) is 0 Å². The van der Waals surface area contributed by atoms with Gasteiger partial charge in [0.05, 0.1) is 0 Å². The molecule has 0 spiro atoms. The van der Waals surface area contributed by atoms with Crippen LogP contribution in [-0.2, 0) is 32.5 Å². The summed E-state index contributed by atoms with van der Waals surface area (Å²) in [6.07, 6.45) is 2.33. The second kappa shape index (κ2) is 16.3. The Bertz CT molecular complexity index is 4340. The summed E-state index contributed by atoms with van der Waals surface area (Å²) in [6.45, 7) is 34.2. The van der Waals surface area contributed by atoms with Gasteiger partial charge >= 0.3 is 6.85 Å². The first-order chi connectivity index (χ1) is 38.0. The number of hydrogen-bond acceptors (Lipinski definition) is 3. The van der Waals surface area contributed by atoms with Crippen LogP contribution >= 0.6 is 11.3 Å². The zero-order valence-electron chi connectivity index (χ0n) is 49.4. The van der Waals surface area contributed by atoms with Crippen LogP contribution in [0, 0.1) is 6.92 Å². The van der Waals surface area contributed by atoms with E-state index >= 15 is 0 Å². The zero-order valence-corrected chi connectivity index (χ0v) is 50.2. The molecule has 1 aromatic heterocycles. The maximum absolute atomic E-state index is 2.84. The molecule has 3 aliphatic carbocycles. The van der Waals surface area contributed by atoms with Gasteiger partial charge in [-0.15, -0.1) is 11.3 Å². The first-order valence-corrected chi connectivity index (χ1v) is 30.3. The summed E-state index contributed by atoms with van der Waals surface area (Å²) in [5, 5.41) is 2.69. The van der Waals surface area contributed by atoms with Gasteiger partial charge in [0, 0.05) is 76.0 Å². The van der Waals surface area contributed by atoms with E-state index in [0.717, 1.165) is 6.42 Å². The van der Waals surface area contributed by atoms with Crippen molar-refractivity contribution in [2.24, 2.45) is 0 Å². The van der Waals surface area contributed by atoms with E-state index in [-0.39, 0.29) is 39.3 Å². The van der Waals surface area contributed by atoms with E-state index < -0.39 is 0 Å². The van der Waals surface area contributed by atoms with Crippen molar-refractivity contribution in [3.05, 3.63) is 219 Å². The summed E-state index contributed by atoms with van der Waals surface area (Å²) in [5.41, 5.74) is 30.4. The minimum Gasteiger partial charge on any atom is -0.376 e. The van der Waals surface area contributed by atoms with Gasteiger partial charge in [0.25, 0.3) is 0 Å². The molecule has 0 amide bonds. The second-order valence-corrected chi connectivity index (χ2v) is 29.5. The number of thiophene rings is 1. The molecular weight excluding hydrogens is 984 g/mol. The van der Waals surface area contributed by atoms with E-state index in [0.29, 0.717) is 0 Å². The Morgan fingerprint density at radius 2 is 1.05 bits per heavy atom. The van der Waals surface area contributed by atoms with E-state index in [2.05, 4.69) is 270 Å². The summed E-state index contributed by atoms with van der Waals surface area (Å²) < 4.78 is 2.65. The van der Waals surface area contributed by atoms with Crippen molar-refractivity contribution in [2.45, 2.75) is 142 Å². The molecular formula is C76H73BN2S. The molecule has 5 aliphatic rings. The molecule has 80 heavy (non-hydrogen) atoms. The molecule has 4 heteroatoms. The van der Waals surface area contributed by atoms with E-state index in [4.69, 9.17) is 0 Å². The van der Waals surface area contributed by atoms with Gasteiger partial charge in [-0.1, -0.05) is 205 Å². The Hall–Kier alpha value is -7.14. The second-order valence-electron chi connectivity index (χ2n) is 28.4. The molecule has 2 nitrogen and oxygen atoms in total. The lowest BCUT2D eigenvalue weighted by Crippen LogP contribution is -2.62. The highest BCUT2D eigenvalue weighted by Gasteiger charge is 2.53. The lowest BCUT2D eigenvalue weighted by Gasteiger charge is -2.50. The number of benzene rings is 9. The number of rotatable bonds is 3. The standard InChI is InChI=1S/C76H73BN2S/c1-44-38-54-55(73(7,8)37-36-72(54,5)6)42-61(44)78-62-43-57-56(74(9,10)52-29-21-22-30-53(52)75(57,11)12)41-58(62)77-70-63(78)40-50-47-26-18-20-28-51(47)76(13,14)69(50)68(70)67-60(34-35-65-66(67)48-27-19-23-31-64(48)80-65)79(77)59-33-32-46(71(2,3)4)39-49(59)45-24-16-15-17-25-45/h15-35,38-43H,36-37H2,1-14H3. The lowest BCUT2D eigenvalue weighted by atomic mass is 9.41. The fraction of sp³-hybridized carbons (Fsp3) is 0.289. The SMILES string of the molecule is Cc1cc2c(cc1N1c3cc4c(cc3B3c5c1cc1c(c5-c5c(ccc6sc7ccccc7c56)N3c3ccc(C(C)(C)C)cc3-c3ccccc3)C(C)(C)c3ccccc3-1)C(C)(C)c1ccccc1C4(C)C)C(C)(C)CCC2(C)C. The molecule has 0 unspecified atom stereocenters. The van der Waals surface area contributed by atoms with Gasteiger partial charge in [0.15, 0.2) is 0 Å². The topological polar surface area (TPSA) is 6.48 Å². The third kappa shape index (κ3) is 6.60. The Balaban J connectivity index is 1.17. The number of anilines is 5. The Labute approximate surface area is 479 Å². The highest BCUT2D eigenvalue weighted by atomic mass is 32.1. The minimum atomic E-state index is -0.300. The average molecular weight is 1060 g/mol. The molecule has 396 valence electrons. The Morgan fingerprint density at radius 3 is 1.75 bits per heavy atom. The van der Waals surface area contributed by atoms with Crippen molar-refractivity contribution < 1.29 is 0 Å². The van der Waals surface area contributed by atoms with Gasteiger partial charge in [0.2, 0.25) is 0 Å². The molecule has 0 N–H and O–H groups in total. The first-order valence-electron chi connectivity index (χ1n) is 29.5. The zero-order chi connectivity index (χ0) is 55.5. The quantitative estimate of drug-likeness (QED) is 0.163. The van der Waals surface area contributed by atoms with Crippen LogP contribution in [-0.4, -0.2) is 6.85 Å². The van der Waals surface area contributed by atoms with Crippen molar-refractivity contribution in [1.29, 1.82) is 0 Å². The largest absolute Gasteiger partial charge is 0.376 e. The maximum atomic E-state index is 2.84. The summed E-state index contributed by atoms with van der Waals surface area (Å²) in [5.74, 6) is 0. The number of hydrogen-bond donors (Lipinski definition) is 0. The predicted molar refractivity (Wildman–Crippen MR) is 345 cm³/mol. The average Bonchev–Trinajstić information content (AvgIpc) is 2.09. The molecule has 0 saturated carbocycles. The van der Waals surface area contributed by atoms with Crippen molar-refractivity contribution >= 4 is 77.7 Å². The van der Waals surface area contributed by atoms with Crippen LogP contribution in [0.15, 0.2) is 164 Å². The van der Waals surface area contributed by atoms with Gasteiger partial charge in [-0.3, -0.25) is 0 Å². The van der Waals surface area contributed by atoms with Crippen LogP contribution < -0.4 is 20.6 Å². The summed E-state index contributed by atoms with van der Waals surface area (Å²) in [6, 6.07) is 64.9. The van der Waals surface area contributed by atoms with Crippen LogP contribution in [0.4, 0.5) is 28.4 Å². The highest BCUT2D eigenvalue weighted by molar-refractivity contribution is 7.26. The Kier molecular flexibility index (Phi) is 10.2. The van der Waals surface area contributed by atoms with Gasteiger partial charge < -0.3 is 9.71 Å². The molecule has 3 heterocycles. The number of nitrogens with zero attached hydrogens (tertiary/aromatic N) is 2. The smallest absolute Gasteiger partial charge is 0.333 e. The molecule has 9 aromatic carbocycles. The van der Waals surface area contributed by atoms with Crippen molar-refractivity contribution in [3.63, 3.8) is 0 Å². The van der Waals surface area contributed by atoms with Gasteiger partial charge in [-0.2, -0.15) is 0 Å². The first kappa shape index (κ1) is 49.9. The van der Waals surface area contributed by atoms with Crippen molar-refractivity contribution in [2.75, 3.05) is 9.71 Å². The van der Waals surface area contributed by atoms with Gasteiger partial charge in [0.1, 0.15) is 0 Å². The third-order valence-corrected chi connectivity index (χ3v) is 21.7. The van der Waals surface area contributed by atoms with Crippen LogP contribution in [0.25, 0.3) is 53.6 Å². The van der Waals surface area contributed by atoms with Crippen LogP contribution in [0.2, 0.25) is 0 Å². The molecule has 0 bridgehead atoms. The van der Waals surface area contributed by atoms with E-state index in [1.807, 2.05) is 11.3 Å². The predicted octanol–water partition coefficient (Wildman–Crippen LogP) is 19.7. The molecule has 0 atom stereocenters. The Morgan fingerprint density at radius 1 is 0.450 bits per heavy atom. The summed E-state index contributed by atoms with van der Waals surface area (Å²) in [4.78, 5) is 5.64. The molecule has 15 rings (SSSR count). The molecule has 0 saturated heterocycles. The molecule has 0 radical (unpaired) electrons.